The van der Waals surface area contributed by atoms with Crippen LogP contribution in [0, 0.1) is 12.1 Å². The number of hydrogen-bond acceptors (Lipinski definition) is 3. The summed E-state index contributed by atoms with van der Waals surface area (Å²) in [6.45, 7) is 3.76. The quantitative estimate of drug-likeness (QED) is 0.128. The maximum Gasteiger partial charge on any atom is 0 e. The van der Waals surface area contributed by atoms with Gasteiger partial charge in [0.1, 0.15) is 5.58 Å². The molecule has 4 aromatic carbocycles. The first-order valence-corrected chi connectivity index (χ1v) is 22.3. The van der Waals surface area contributed by atoms with E-state index in [0.717, 1.165) is 55.6 Å². The molecular formula is C40H36GeIrN2O-2. The smallest absolute Gasteiger partial charge is 0 e. The largest absolute Gasteiger partial charge is 0 e. The number of hydrogen-bond donors (Lipinski definition) is 0. The Balaban J connectivity index is 0.000000209. The topological polar surface area (TPSA) is 38.9 Å². The Morgan fingerprint density at radius 2 is 1.51 bits per heavy atom. The fourth-order valence-electron chi connectivity index (χ4n) is 5.10. The number of pyridine rings is 2. The molecule has 0 saturated carbocycles. The molecule has 3 aromatic heterocycles. The van der Waals surface area contributed by atoms with E-state index in [1.165, 1.54) is 9.96 Å². The van der Waals surface area contributed by atoms with Gasteiger partial charge in [-0.25, -0.2) is 0 Å². The van der Waals surface area contributed by atoms with E-state index >= 15 is 0 Å². The minimum atomic E-state index is -1.72. The Morgan fingerprint density at radius 1 is 0.733 bits per heavy atom. The van der Waals surface area contributed by atoms with Gasteiger partial charge in [0.15, 0.2) is 0 Å². The van der Waals surface area contributed by atoms with Crippen LogP contribution in [0.4, 0.5) is 0 Å². The van der Waals surface area contributed by atoms with Crippen LogP contribution in [0.1, 0.15) is 26.7 Å². The predicted molar refractivity (Wildman–Crippen MR) is 187 cm³/mol. The monoisotopic (exact) mass is 828 g/mol. The van der Waals surface area contributed by atoms with Crippen LogP contribution in [0.15, 0.2) is 126 Å². The predicted octanol–water partition coefficient (Wildman–Crippen LogP) is 10.3. The van der Waals surface area contributed by atoms with Crippen LogP contribution in [0.3, 0.4) is 0 Å². The van der Waals surface area contributed by atoms with Crippen LogP contribution in [0.5, 0.6) is 0 Å². The molecule has 0 bridgehead atoms. The van der Waals surface area contributed by atoms with Crippen LogP contribution in [0.2, 0.25) is 17.3 Å². The van der Waals surface area contributed by atoms with Crippen molar-refractivity contribution < 1.29 is 25.9 Å². The molecule has 45 heavy (non-hydrogen) atoms. The van der Waals surface area contributed by atoms with E-state index in [0.29, 0.717) is 0 Å². The van der Waals surface area contributed by atoms with Gasteiger partial charge >= 0.3 is 99.8 Å². The fraction of sp³-hybridized carbons (Fsp3) is 0.150. The summed E-state index contributed by atoms with van der Waals surface area (Å²) < 4.78 is 15.9. The summed E-state index contributed by atoms with van der Waals surface area (Å²) in [4.78, 5) is 9.01. The van der Waals surface area contributed by atoms with Crippen LogP contribution < -0.4 is 4.40 Å². The molecule has 1 radical (unpaired) electrons. The van der Waals surface area contributed by atoms with Crippen LogP contribution in [0.25, 0.3) is 55.6 Å². The third-order valence-electron chi connectivity index (χ3n) is 7.73. The summed E-state index contributed by atoms with van der Waals surface area (Å²) in [6.07, 6.45) is 3.79. The Hall–Kier alpha value is -3.83. The van der Waals surface area contributed by atoms with E-state index in [-0.39, 0.29) is 20.1 Å². The van der Waals surface area contributed by atoms with Gasteiger partial charge in [0.05, 0.1) is 5.58 Å². The molecule has 0 atom stereocenters. The molecule has 5 heteroatoms. The molecule has 3 heterocycles. The van der Waals surface area contributed by atoms with Crippen molar-refractivity contribution in [3.05, 3.63) is 139 Å². The minimum absolute atomic E-state index is 0. The first-order chi connectivity index (χ1) is 21.6. The molecule has 0 saturated heterocycles. The second-order valence-corrected chi connectivity index (χ2v) is 22.8. The van der Waals surface area contributed by atoms with Crippen molar-refractivity contribution in [2.75, 3.05) is 0 Å². The summed E-state index contributed by atoms with van der Waals surface area (Å²) in [7, 11) is 0. The standard InChI is InChI=1S/C26H20NO.C14H16GeN.Ir/c1-17(2)19-12-13-27-24(14-19)21-9-11-23-22-10-8-20(18-6-4-3-5-7-18)15-25(22)28-26(23)16-21;1-15(2,3)13-9-10-14(16-11-13)12-7-5-4-6-8-12;/h3-15,17H,1-2H3;4-7,9-11H,1-3H3;/q2*-1;/i17D;;. The first kappa shape index (κ1) is 31.2. The summed E-state index contributed by atoms with van der Waals surface area (Å²) in [6, 6.07) is 43.4. The number of aromatic nitrogens is 2. The van der Waals surface area contributed by atoms with Gasteiger partial charge in [0.2, 0.25) is 0 Å². The zero-order valence-electron chi connectivity index (χ0n) is 27.2. The molecule has 3 nitrogen and oxygen atoms in total. The average molecular weight is 827 g/mol. The van der Waals surface area contributed by atoms with Crippen LogP contribution in [-0.4, -0.2) is 23.2 Å². The molecule has 227 valence electrons. The molecule has 0 unspecified atom stereocenters. The molecule has 0 spiro atoms. The van der Waals surface area contributed by atoms with Crippen molar-refractivity contribution in [2.24, 2.45) is 0 Å². The number of benzene rings is 4. The molecular weight excluding hydrogens is 789 g/mol. The van der Waals surface area contributed by atoms with Gasteiger partial charge in [-0.2, -0.15) is 0 Å². The molecule has 0 N–H and O–H groups in total. The average Bonchev–Trinajstić information content (AvgIpc) is 3.42. The molecule has 0 aliphatic rings. The first-order valence-electron chi connectivity index (χ1n) is 15.4. The molecule has 0 aliphatic carbocycles. The van der Waals surface area contributed by atoms with E-state index in [4.69, 9.17) is 5.79 Å². The Morgan fingerprint density at radius 3 is 2.20 bits per heavy atom. The molecule has 7 rings (SSSR count). The molecule has 7 aromatic rings. The maximum absolute atomic E-state index is 8.27. The Kier molecular flexibility index (Phi) is 9.75. The van der Waals surface area contributed by atoms with E-state index in [9.17, 15) is 0 Å². The van der Waals surface area contributed by atoms with Crippen molar-refractivity contribution in [3.63, 3.8) is 0 Å². The van der Waals surface area contributed by atoms with Gasteiger partial charge in [-0.15, -0.1) is 17.7 Å². The van der Waals surface area contributed by atoms with E-state index in [2.05, 4.69) is 87.9 Å². The summed E-state index contributed by atoms with van der Waals surface area (Å²) in [5.74, 6) is 6.47. The van der Waals surface area contributed by atoms with Gasteiger partial charge in [0, 0.05) is 27.7 Å². The van der Waals surface area contributed by atoms with Gasteiger partial charge in [-0.05, 0) is 40.2 Å². The summed E-state index contributed by atoms with van der Waals surface area (Å²) in [5, 5.41) is 2.12. The van der Waals surface area contributed by atoms with E-state index in [1.54, 1.807) is 6.20 Å². The Bertz CT molecular complexity index is 2060. The number of nitrogens with zero attached hydrogens (tertiary/aromatic N) is 2. The number of fused-ring (bicyclic) bond motifs is 3. The second-order valence-electron chi connectivity index (χ2n) is 12.2. The zero-order valence-corrected chi connectivity index (χ0v) is 30.7. The summed E-state index contributed by atoms with van der Waals surface area (Å²) in [5.41, 5.74) is 8.53. The third-order valence-corrected chi connectivity index (χ3v) is 12.0. The van der Waals surface area contributed by atoms with Gasteiger partial charge in [-0.1, -0.05) is 79.4 Å². The second kappa shape index (κ2) is 14.1. The zero-order chi connectivity index (χ0) is 31.6. The van der Waals surface area contributed by atoms with E-state index in [1.807, 2.05) is 80.7 Å². The van der Waals surface area contributed by atoms with Crippen molar-refractivity contribution in [1.82, 2.24) is 9.97 Å². The van der Waals surface area contributed by atoms with Crippen molar-refractivity contribution >= 4 is 39.6 Å². The fourth-order valence-corrected chi connectivity index (χ4v) is 7.28. The van der Waals surface area contributed by atoms with Crippen molar-refractivity contribution in [1.29, 1.82) is 0 Å². The SMILES string of the molecule is [2H]C(C)(C)c1ccnc(-c2[c-]c3oc4cc(-c5ccccc5)ccc4c3cc2)c1.[CH3][Ge]([CH3])([CH3])[c]1ccc(-c2[c-]cccc2)nc1.[Ir]. The Labute approximate surface area is 283 Å². The number of furan rings is 1. The van der Waals surface area contributed by atoms with Crippen LogP contribution >= 0.6 is 0 Å². The van der Waals surface area contributed by atoms with Crippen molar-refractivity contribution in [3.8, 4) is 33.6 Å². The molecule has 0 fully saturated rings. The molecule has 0 amide bonds. The van der Waals surface area contributed by atoms with Gasteiger partial charge in [0.25, 0.3) is 0 Å². The van der Waals surface area contributed by atoms with Crippen molar-refractivity contribution in [2.45, 2.75) is 37.0 Å². The van der Waals surface area contributed by atoms with Gasteiger partial charge in [-0.3, -0.25) is 0 Å². The normalized spacial score (nSPS) is 11.8. The van der Waals surface area contributed by atoms with Gasteiger partial charge < -0.3 is 9.40 Å². The number of rotatable bonds is 5. The maximum atomic E-state index is 8.27. The van der Waals surface area contributed by atoms with E-state index < -0.39 is 19.2 Å². The molecule has 0 aliphatic heterocycles. The third kappa shape index (κ3) is 7.53. The minimum Gasteiger partial charge on any atom is 0 e. The summed E-state index contributed by atoms with van der Waals surface area (Å²) >= 11 is -1.72. The van der Waals surface area contributed by atoms with Crippen LogP contribution in [-0.2, 0) is 20.1 Å².